The van der Waals surface area contributed by atoms with Gasteiger partial charge < -0.3 is 14.8 Å². The quantitative estimate of drug-likeness (QED) is 0.830. The van der Waals surface area contributed by atoms with Crippen molar-refractivity contribution in [3.05, 3.63) is 53.6 Å². The second-order valence-corrected chi connectivity index (χ2v) is 4.11. The summed E-state index contributed by atoms with van der Waals surface area (Å²) < 4.78 is 32.5. The largest absolute Gasteiger partial charge is 0.488 e. The first-order chi connectivity index (χ1) is 8.97. The predicted molar refractivity (Wildman–Crippen MR) is 67.4 cm³/mol. The van der Waals surface area contributed by atoms with E-state index >= 15 is 0 Å². The van der Waals surface area contributed by atoms with Crippen LogP contribution in [-0.2, 0) is 0 Å². The molecule has 0 heterocycles. The Labute approximate surface area is 109 Å². The van der Waals surface area contributed by atoms with Crippen molar-refractivity contribution in [2.45, 2.75) is 6.92 Å². The summed E-state index contributed by atoms with van der Waals surface area (Å²) in [6, 6.07) is 8.36. The van der Waals surface area contributed by atoms with E-state index in [0.29, 0.717) is 5.75 Å². The molecule has 98 valence electrons. The average molecular weight is 264 g/mol. The summed E-state index contributed by atoms with van der Waals surface area (Å²) >= 11 is 0. The van der Waals surface area contributed by atoms with E-state index < -0.39 is 24.5 Å². The third-order valence-electron chi connectivity index (χ3n) is 2.53. The molecule has 0 saturated heterocycles. The zero-order chi connectivity index (χ0) is 14.0. The molecule has 0 atom stereocenters. The molecule has 0 spiro atoms. The monoisotopic (exact) mass is 264 g/mol. The fourth-order valence-electron chi connectivity index (χ4n) is 1.62. The van der Waals surface area contributed by atoms with Crippen LogP contribution in [0.4, 0.5) is 8.78 Å². The Balaban J connectivity index is 2.35. The average Bonchev–Trinajstić information content (AvgIpc) is 2.33. The number of rotatable bonds is 3. The van der Waals surface area contributed by atoms with Crippen molar-refractivity contribution in [3.8, 4) is 11.5 Å². The minimum atomic E-state index is -1.93. The summed E-state index contributed by atoms with van der Waals surface area (Å²) in [4.78, 5) is 0. The van der Waals surface area contributed by atoms with Gasteiger partial charge in [0.15, 0.2) is 17.4 Å². The second-order valence-electron chi connectivity index (χ2n) is 4.11. The lowest BCUT2D eigenvalue weighted by atomic mass is 9.80. The number of benzene rings is 2. The Morgan fingerprint density at radius 1 is 1.05 bits per heavy atom. The van der Waals surface area contributed by atoms with E-state index in [9.17, 15) is 8.78 Å². The van der Waals surface area contributed by atoms with Gasteiger partial charge in [-0.15, -0.1) is 0 Å². The van der Waals surface area contributed by atoms with Crippen molar-refractivity contribution < 1.29 is 23.6 Å². The zero-order valence-electron chi connectivity index (χ0n) is 10.1. The van der Waals surface area contributed by atoms with Crippen molar-refractivity contribution in [1.82, 2.24) is 0 Å². The topological polar surface area (TPSA) is 49.7 Å². The first kappa shape index (κ1) is 13.5. The molecule has 2 rings (SSSR count). The van der Waals surface area contributed by atoms with Gasteiger partial charge in [-0.2, -0.15) is 0 Å². The second kappa shape index (κ2) is 5.38. The third-order valence-corrected chi connectivity index (χ3v) is 2.53. The fourth-order valence-corrected chi connectivity index (χ4v) is 1.62. The van der Waals surface area contributed by atoms with Crippen LogP contribution in [0.3, 0.4) is 0 Å². The molecular formula is C13H11BF2O3. The molecule has 3 nitrogen and oxygen atoms in total. The van der Waals surface area contributed by atoms with Crippen LogP contribution >= 0.6 is 0 Å². The lowest BCUT2D eigenvalue weighted by Crippen LogP contribution is -2.30. The summed E-state index contributed by atoms with van der Waals surface area (Å²) in [5, 5.41) is 17.7. The number of hydrogen-bond acceptors (Lipinski definition) is 3. The van der Waals surface area contributed by atoms with Gasteiger partial charge in [0.2, 0.25) is 0 Å². The molecule has 2 N–H and O–H groups in total. The molecule has 2 aromatic carbocycles. The van der Waals surface area contributed by atoms with Crippen LogP contribution in [0.15, 0.2) is 36.4 Å². The van der Waals surface area contributed by atoms with Gasteiger partial charge in [-0.25, -0.2) is 8.78 Å². The maximum Gasteiger partial charge on any atom is 0.488 e. The summed E-state index contributed by atoms with van der Waals surface area (Å²) in [5.41, 5.74) is 0.618. The van der Waals surface area contributed by atoms with Crippen molar-refractivity contribution in [1.29, 1.82) is 0 Å². The number of halogens is 2. The van der Waals surface area contributed by atoms with E-state index in [0.717, 1.165) is 17.7 Å². The van der Waals surface area contributed by atoms with E-state index in [2.05, 4.69) is 0 Å². The highest BCUT2D eigenvalue weighted by molar-refractivity contribution is 6.58. The van der Waals surface area contributed by atoms with Gasteiger partial charge in [-0.3, -0.25) is 0 Å². The summed E-state index contributed by atoms with van der Waals surface area (Å²) in [6.45, 7) is 1.82. The molecule has 0 bridgehead atoms. The molecule has 0 radical (unpaired) electrons. The predicted octanol–water partition coefficient (Wildman–Crippen LogP) is 1.75. The van der Waals surface area contributed by atoms with Gasteiger partial charge in [0.1, 0.15) is 5.75 Å². The number of aryl methyl sites for hydroxylation is 1. The van der Waals surface area contributed by atoms with Crippen LogP contribution in [0.25, 0.3) is 0 Å². The highest BCUT2D eigenvalue weighted by Crippen LogP contribution is 2.27. The highest BCUT2D eigenvalue weighted by atomic mass is 19.1. The Hall–Kier alpha value is -1.92. The molecule has 0 unspecified atom stereocenters. The van der Waals surface area contributed by atoms with Gasteiger partial charge >= 0.3 is 7.12 Å². The minimum Gasteiger partial charge on any atom is -0.451 e. The molecule has 0 aliphatic carbocycles. The third kappa shape index (κ3) is 3.10. The SMILES string of the molecule is Cc1cccc(Oc2c(F)cc(B(O)O)cc2F)c1. The maximum absolute atomic E-state index is 13.7. The standard InChI is InChI=1S/C13H11BF2O3/c1-8-3-2-4-10(5-8)19-13-11(15)6-9(14(17)18)7-12(13)16/h2-7,17-18H,1H3. The van der Waals surface area contributed by atoms with E-state index in [-0.39, 0.29) is 5.46 Å². The van der Waals surface area contributed by atoms with Gasteiger partial charge in [-0.05, 0) is 42.2 Å². The Morgan fingerprint density at radius 3 is 2.21 bits per heavy atom. The van der Waals surface area contributed by atoms with Crippen molar-refractivity contribution in [2.24, 2.45) is 0 Å². The van der Waals surface area contributed by atoms with Crippen molar-refractivity contribution in [3.63, 3.8) is 0 Å². The Morgan fingerprint density at radius 2 is 1.68 bits per heavy atom. The molecular weight excluding hydrogens is 253 g/mol. The smallest absolute Gasteiger partial charge is 0.451 e. The van der Waals surface area contributed by atoms with E-state index in [1.54, 1.807) is 18.2 Å². The molecule has 0 aliphatic heterocycles. The first-order valence-electron chi connectivity index (χ1n) is 5.57. The molecule has 19 heavy (non-hydrogen) atoms. The van der Waals surface area contributed by atoms with Gasteiger partial charge in [-0.1, -0.05) is 12.1 Å². The minimum absolute atomic E-state index is 0.272. The van der Waals surface area contributed by atoms with E-state index in [1.807, 2.05) is 13.0 Å². The van der Waals surface area contributed by atoms with Gasteiger partial charge in [0.05, 0.1) is 0 Å². The number of ether oxygens (including phenoxy) is 1. The maximum atomic E-state index is 13.7. The van der Waals surface area contributed by atoms with Crippen LogP contribution in [-0.4, -0.2) is 17.2 Å². The van der Waals surface area contributed by atoms with Crippen molar-refractivity contribution in [2.75, 3.05) is 0 Å². The van der Waals surface area contributed by atoms with Crippen LogP contribution in [0.5, 0.6) is 11.5 Å². The summed E-state index contributed by atoms with van der Waals surface area (Å²) in [6.07, 6.45) is 0. The fraction of sp³-hybridized carbons (Fsp3) is 0.0769. The molecule has 0 aliphatic rings. The van der Waals surface area contributed by atoms with E-state index in [1.165, 1.54) is 0 Å². The van der Waals surface area contributed by atoms with Gasteiger partial charge in [0, 0.05) is 0 Å². The zero-order valence-corrected chi connectivity index (χ0v) is 10.1. The molecule has 0 fully saturated rings. The number of hydrogen-bond donors (Lipinski definition) is 2. The normalized spacial score (nSPS) is 10.4. The summed E-state index contributed by atoms with van der Waals surface area (Å²) in [5.74, 6) is -2.26. The Kier molecular flexibility index (Phi) is 3.83. The lowest BCUT2D eigenvalue weighted by molar-refractivity contribution is 0.404. The Bertz CT molecular complexity index is 579. The van der Waals surface area contributed by atoms with Gasteiger partial charge in [0.25, 0.3) is 0 Å². The van der Waals surface area contributed by atoms with E-state index in [4.69, 9.17) is 14.8 Å². The molecule has 6 heteroatoms. The van der Waals surface area contributed by atoms with Crippen LogP contribution in [0.1, 0.15) is 5.56 Å². The highest BCUT2D eigenvalue weighted by Gasteiger charge is 2.19. The van der Waals surface area contributed by atoms with Crippen LogP contribution in [0.2, 0.25) is 0 Å². The molecule has 2 aromatic rings. The molecule has 0 aromatic heterocycles. The van der Waals surface area contributed by atoms with Crippen LogP contribution in [0, 0.1) is 18.6 Å². The van der Waals surface area contributed by atoms with Crippen molar-refractivity contribution >= 4 is 12.6 Å². The molecule has 0 amide bonds. The first-order valence-corrected chi connectivity index (χ1v) is 5.57. The van der Waals surface area contributed by atoms with Crippen LogP contribution < -0.4 is 10.2 Å². The molecule has 0 saturated carbocycles. The summed E-state index contributed by atoms with van der Waals surface area (Å²) in [7, 11) is -1.93. The lowest BCUT2D eigenvalue weighted by Gasteiger charge is -2.10.